The van der Waals surface area contributed by atoms with Crippen molar-refractivity contribution in [1.29, 1.82) is 0 Å². The Balaban J connectivity index is 3.28. The largest absolute Gasteiger partial charge is 0.399 e. The van der Waals surface area contributed by atoms with E-state index in [1.54, 1.807) is 13.8 Å². The lowest BCUT2D eigenvalue weighted by molar-refractivity contribution is -0.119. The van der Waals surface area contributed by atoms with E-state index in [4.69, 9.17) is 11.5 Å². The summed E-state index contributed by atoms with van der Waals surface area (Å²) in [4.78, 5) is 24.7. The van der Waals surface area contributed by atoms with Crippen LogP contribution in [-0.4, -0.2) is 44.0 Å². The third-order valence-electron chi connectivity index (χ3n) is 2.81. The number of rotatable bonds is 5. The van der Waals surface area contributed by atoms with Gasteiger partial charge in [-0.1, -0.05) is 0 Å². The van der Waals surface area contributed by atoms with Gasteiger partial charge in [-0.05, 0) is 32.0 Å². The van der Waals surface area contributed by atoms with Crippen molar-refractivity contribution in [3.63, 3.8) is 0 Å². The summed E-state index contributed by atoms with van der Waals surface area (Å²) < 4.78 is 23.2. The summed E-state index contributed by atoms with van der Waals surface area (Å²) in [5.74, 6) is -1.15. The Labute approximate surface area is 123 Å². The van der Waals surface area contributed by atoms with Crippen LogP contribution in [0.4, 0.5) is 5.69 Å². The predicted octanol–water partition coefficient (Wildman–Crippen LogP) is 0.00820. The Kier molecular flexibility index (Phi) is 4.95. The van der Waals surface area contributed by atoms with E-state index in [0.717, 1.165) is 6.26 Å². The van der Waals surface area contributed by atoms with E-state index in [1.807, 2.05) is 0 Å². The van der Waals surface area contributed by atoms with Crippen molar-refractivity contribution in [2.75, 3.05) is 18.5 Å². The van der Waals surface area contributed by atoms with Crippen molar-refractivity contribution >= 4 is 27.3 Å². The number of amides is 2. The van der Waals surface area contributed by atoms with Crippen molar-refractivity contribution in [2.24, 2.45) is 5.73 Å². The molecule has 116 valence electrons. The number of anilines is 1. The fraction of sp³-hybridized carbons (Fsp3) is 0.385. The maximum absolute atomic E-state index is 12.4. The average molecular weight is 313 g/mol. The van der Waals surface area contributed by atoms with Crippen LogP contribution in [0.2, 0.25) is 0 Å². The highest BCUT2D eigenvalue weighted by Gasteiger charge is 2.22. The molecule has 8 heteroatoms. The van der Waals surface area contributed by atoms with Crippen LogP contribution >= 0.6 is 0 Å². The SMILES string of the molecule is CC(C)N(CC(N)=O)C(=O)c1cc(N)cc(S(C)(=O)=O)c1. The van der Waals surface area contributed by atoms with Gasteiger partial charge in [0.15, 0.2) is 9.84 Å². The molecule has 1 aromatic carbocycles. The Morgan fingerprint density at radius 1 is 1.24 bits per heavy atom. The van der Waals surface area contributed by atoms with E-state index >= 15 is 0 Å². The lowest BCUT2D eigenvalue weighted by atomic mass is 10.1. The molecule has 0 saturated carbocycles. The minimum atomic E-state index is -3.49. The lowest BCUT2D eigenvalue weighted by Crippen LogP contribution is -2.42. The summed E-state index contributed by atoms with van der Waals surface area (Å²) in [5.41, 5.74) is 11.0. The Morgan fingerprint density at radius 3 is 2.24 bits per heavy atom. The second-order valence-corrected chi connectivity index (χ2v) is 7.07. The molecule has 0 aliphatic rings. The lowest BCUT2D eigenvalue weighted by Gasteiger charge is -2.25. The molecule has 1 aromatic rings. The van der Waals surface area contributed by atoms with Gasteiger partial charge < -0.3 is 16.4 Å². The first-order chi connectivity index (χ1) is 9.52. The van der Waals surface area contributed by atoms with Gasteiger partial charge in [0, 0.05) is 23.5 Å². The molecule has 0 fully saturated rings. The molecule has 0 spiro atoms. The number of nitrogens with zero attached hydrogens (tertiary/aromatic N) is 1. The first kappa shape index (κ1) is 17.0. The van der Waals surface area contributed by atoms with E-state index in [1.165, 1.54) is 23.1 Å². The number of hydrogen-bond donors (Lipinski definition) is 2. The number of hydrogen-bond acceptors (Lipinski definition) is 5. The second-order valence-electron chi connectivity index (χ2n) is 5.06. The highest BCUT2D eigenvalue weighted by Crippen LogP contribution is 2.19. The standard InChI is InChI=1S/C13H19N3O4S/c1-8(2)16(7-12(15)17)13(18)9-4-10(14)6-11(5-9)21(3,19)20/h4-6,8H,7,14H2,1-3H3,(H2,15,17). The summed E-state index contributed by atoms with van der Waals surface area (Å²) in [5, 5.41) is 0. The van der Waals surface area contributed by atoms with Crippen LogP contribution in [0.15, 0.2) is 23.1 Å². The van der Waals surface area contributed by atoms with Gasteiger partial charge in [-0.25, -0.2) is 8.42 Å². The molecule has 0 aliphatic carbocycles. The molecule has 4 N–H and O–H groups in total. The van der Waals surface area contributed by atoms with Gasteiger partial charge in [-0.2, -0.15) is 0 Å². The number of carbonyl (C=O) groups is 2. The summed E-state index contributed by atoms with van der Waals surface area (Å²) in [6.45, 7) is 3.20. The number of primary amides is 1. The molecule has 7 nitrogen and oxygen atoms in total. The maximum atomic E-state index is 12.4. The van der Waals surface area contributed by atoms with Gasteiger partial charge in [0.05, 0.1) is 11.4 Å². The van der Waals surface area contributed by atoms with Crippen molar-refractivity contribution in [3.8, 4) is 0 Å². The molecule has 1 rings (SSSR count). The number of sulfone groups is 1. The van der Waals surface area contributed by atoms with E-state index in [0.29, 0.717) is 0 Å². The summed E-state index contributed by atoms with van der Waals surface area (Å²) in [7, 11) is -3.49. The zero-order chi connectivity index (χ0) is 16.4. The molecule has 0 radical (unpaired) electrons. The van der Waals surface area contributed by atoms with E-state index < -0.39 is 21.7 Å². The van der Waals surface area contributed by atoms with Gasteiger partial charge in [-0.15, -0.1) is 0 Å². The Morgan fingerprint density at radius 2 is 1.81 bits per heavy atom. The van der Waals surface area contributed by atoms with E-state index in [2.05, 4.69) is 0 Å². The van der Waals surface area contributed by atoms with Crippen LogP contribution in [0.3, 0.4) is 0 Å². The molecule has 0 aromatic heterocycles. The summed E-state index contributed by atoms with van der Waals surface area (Å²) in [6, 6.07) is 3.62. The minimum Gasteiger partial charge on any atom is -0.399 e. The molecule has 21 heavy (non-hydrogen) atoms. The maximum Gasteiger partial charge on any atom is 0.254 e. The average Bonchev–Trinajstić information content (AvgIpc) is 2.32. The highest BCUT2D eigenvalue weighted by molar-refractivity contribution is 7.90. The van der Waals surface area contributed by atoms with Gasteiger partial charge in [0.2, 0.25) is 5.91 Å². The number of nitrogen functional groups attached to an aromatic ring is 1. The normalized spacial score (nSPS) is 11.4. The van der Waals surface area contributed by atoms with Crippen LogP contribution in [0.25, 0.3) is 0 Å². The molecule has 0 heterocycles. The minimum absolute atomic E-state index is 0.0476. The van der Waals surface area contributed by atoms with Crippen LogP contribution < -0.4 is 11.5 Å². The monoisotopic (exact) mass is 313 g/mol. The van der Waals surface area contributed by atoms with Gasteiger partial charge in [0.25, 0.3) is 5.91 Å². The summed E-state index contributed by atoms with van der Waals surface area (Å²) >= 11 is 0. The Hall–Kier alpha value is -2.09. The number of nitrogens with two attached hydrogens (primary N) is 2. The van der Waals surface area contributed by atoms with Gasteiger partial charge >= 0.3 is 0 Å². The molecule has 0 unspecified atom stereocenters. The van der Waals surface area contributed by atoms with E-state index in [-0.39, 0.29) is 28.7 Å². The van der Waals surface area contributed by atoms with Crippen LogP contribution in [0, 0.1) is 0 Å². The van der Waals surface area contributed by atoms with Crippen molar-refractivity contribution in [1.82, 2.24) is 4.90 Å². The molecule has 2 amide bonds. The first-order valence-corrected chi connectivity index (χ1v) is 8.11. The fourth-order valence-corrected chi connectivity index (χ4v) is 2.47. The molecule has 0 saturated heterocycles. The smallest absolute Gasteiger partial charge is 0.254 e. The second kappa shape index (κ2) is 6.13. The molecular weight excluding hydrogens is 294 g/mol. The van der Waals surface area contributed by atoms with Gasteiger partial charge in [0.1, 0.15) is 0 Å². The fourth-order valence-electron chi connectivity index (χ4n) is 1.78. The van der Waals surface area contributed by atoms with Crippen LogP contribution in [-0.2, 0) is 14.6 Å². The third-order valence-corrected chi connectivity index (χ3v) is 3.91. The third kappa shape index (κ3) is 4.45. The van der Waals surface area contributed by atoms with E-state index in [9.17, 15) is 18.0 Å². The van der Waals surface area contributed by atoms with Crippen molar-refractivity contribution < 1.29 is 18.0 Å². The Bertz CT molecular complexity index is 668. The number of carbonyl (C=O) groups excluding carboxylic acids is 2. The van der Waals surface area contributed by atoms with Crippen molar-refractivity contribution in [3.05, 3.63) is 23.8 Å². The van der Waals surface area contributed by atoms with Gasteiger partial charge in [-0.3, -0.25) is 9.59 Å². The zero-order valence-corrected chi connectivity index (χ0v) is 13.0. The quantitative estimate of drug-likeness (QED) is 0.741. The summed E-state index contributed by atoms with van der Waals surface area (Å²) in [6.07, 6.45) is 1.03. The zero-order valence-electron chi connectivity index (χ0n) is 12.2. The topological polar surface area (TPSA) is 124 Å². The molecular formula is C13H19N3O4S. The van der Waals surface area contributed by atoms with Crippen molar-refractivity contribution in [2.45, 2.75) is 24.8 Å². The predicted molar refractivity (Wildman–Crippen MR) is 79.3 cm³/mol. The first-order valence-electron chi connectivity index (χ1n) is 6.22. The molecule has 0 aliphatic heterocycles. The number of benzene rings is 1. The highest BCUT2D eigenvalue weighted by atomic mass is 32.2. The van der Waals surface area contributed by atoms with Crippen LogP contribution in [0.5, 0.6) is 0 Å². The molecule has 0 bridgehead atoms. The van der Waals surface area contributed by atoms with Crippen LogP contribution in [0.1, 0.15) is 24.2 Å². The molecule has 0 atom stereocenters.